The molecule has 1 N–H and O–H groups in total. The van der Waals surface area contributed by atoms with Gasteiger partial charge in [0.1, 0.15) is 0 Å². The van der Waals surface area contributed by atoms with E-state index in [2.05, 4.69) is 0 Å². The van der Waals surface area contributed by atoms with Gasteiger partial charge in [0.15, 0.2) is 0 Å². The fourth-order valence-corrected chi connectivity index (χ4v) is 3.95. The second kappa shape index (κ2) is 3.96. The Morgan fingerprint density at radius 3 is 2.65 bits per heavy atom. The number of hydrogen-bond donors (Lipinski definition) is 1. The van der Waals surface area contributed by atoms with E-state index < -0.39 is 0 Å². The quantitative estimate of drug-likeness (QED) is 0.887. The molecule has 2 aromatic rings. The summed E-state index contributed by atoms with van der Waals surface area (Å²) < 4.78 is 2.82. The lowest BCUT2D eigenvalue weighted by Crippen LogP contribution is -2.38. The van der Waals surface area contributed by atoms with E-state index in [0.717, 1.165) is 35.8 Å². The summed E-state index contributed by atoms with van der Waals surface area (Å²) in [4.78, 5) is 12.3. The van der Waals surface area contributed by atoms with E-state index in [9.17, 15) is 9.90 Å². The van der Waals surface area contributed by atoms with E-state index in [4.69, 9.17) is 0 Å². The minimum absolute atomic E-state index is 0.0570. The fourth-order valence-electron chi connectivity index (χ4n) is 2.74. The number of hydrogen-bond acceptors (Lipinski definition) is 3. The molecule has 17 heavy (non-hydrogen) atoms. The molecular formula is C13H15NO2S. The molecule has 1 heterocycles. The summed E-state index contributed by atoms with van der Waals surface area (Å²) in [7, 11) is 0. The average Bonchev–Trinajstić information content (AvgIpc) is 2.96. The van der Waals surface area contributed by atoms with Gasteiger partial charge in [0.25, 0.3) is 5.56 Å². The first kappa shape index (κ1) is 11.0. The van der Waals surface area contributed by atoms with E-state index in [0.29, 0.717) is 0 Å². The zero-order chi connectivity index (χ0) is 11.9. The van der Waals surface area contributed by atoms with Gasteiger partial charge in [-0.3, -0.25) is 8.75 Å². The van der Waals surface area contributed by atoms with Gasteiger partial charge in [-0.15, -0.1) is 0 Å². The molecule has 90 valence electrons. The highest BCUT2D eigenvalue weighted by Gasteiger charge is 2.37. The van der Waals surface area contributed by atoms with Crippen molar-refractivity contribution < 1.29 is 5.11 Å². The first-order chi connectivity index (χ1) is 8.27. The Morgan fingerprint density at radius 1 is 1.29 bits per heavy atom. The van der Waals surface area contributed by atoms with Crippen LogP contribution in [0.4, 0.5) is 0 Å². The number of rotatable bonds is 2. The summed E-state index contributed by atoms with van der Waals surface area (Å²) in [6.45, 7) is 0.0692. The molecular weight excluding hydrogens is 234 g/mol. The molecule has 1 aromatic heterocycles. The summed E-state index contributed by atoms with van der Waals surface area (Å²) in [5.74, 6) is 0. The molecule has 1 aromatic carbocycles. The maximum absolute atomic E-state index is 12.3. The van der Waals surface area contributed by atoms with Crippen LogP contribution in [0.5, 0.6) is 0 Å². The number of benzene rings is 1. The molecule has 1 saturated carbocycles. The summed E-state index contributed by atoms with van der Waals surface area (Å²) in [5, 5.41) is 10.4. The second-order valence-electron chi connectivity index (χ2n) is 4.78. The highest BCUT2D eigenvalue weighted by molar-refractivity contribution is 7.13. The van der Waals surface area contributed by atoms with Gasteiger partial charge in [0, 0.05) is 0 Å². The lowest BCUT2D eigenvalue weighted by molar-refractivity contribution is 0.144. The van der Waals surface area contributed by atoms with E-state index in [1.165, 1.54) is 11.5 Å². The van der Waals surface area contributed by atoms with Crippen molar-refractivity contribution in [3.63, 3.8) is 0 Å². The van der Waals surface area contributed by atoms with Crippen LogP contribution in [0.25, 0.3) is 10.1 Å². The van der Waals surface area contributed by atoms with Gasteiger partial charge in [-0.05, 0) is 25.0 Å². The predicted molar refractivity (Wildman–Crippen MR) is 69.6 cm³/mol. The molecule has 3 rings (SSSR count). The van der Waals surface area contributed by atoms with Crippen LogP contribution in [0.2, 0.25) is 0 Å². The lowest BCUT2D eigenvalue weighted by Gasteiger charge is -2.26. The van der Waals surface area contributed by atoms with Crippen LogP contribution < -0.4 is 5.56 Å². The van der Waals surface area contributed by atoms with Crippen molar-refractivity contribution in [2.75, 3.05) is 6.61 Å². The maximum atomic E-state index is 12.3. The summed E-state index contributed by atoms with van der Waals surface area (Å²) in [5.41, 5.74) is -0.276. The SMILES string of the molecule is O=c1c2ccccc2sn1C1(CO)CCCC1. The zero-order valence-corrected chi connectivity index (χ0v) is 10.4. The minimum atomic E-state index is -0.333. The van der Waals surface area contributed by atoms with Gasteiger partial charge in [-0.25, -0.2) is 0 Å². The molecule has 4 heteroatoms. The van der Waals surface area contributed by atoms with Gasteiger partial charge >= 0.3 is 0 Å². The molecule has 0 spiro atoms. The smallest absolute Gasteiger partial charge is 0.269 e. The standard InChI is InChI=1S/C13H15NO2S/c15-9-13(7-3-4-8-13)14-12(16)10-5-1-2-6-11(10)17-14/h1-2,5-6,15H,3-4,7-9H2. The molecule has 0 radical (unpaired) electrons. The Kier molecular flexibility index (Phi) is 2.56. The summed E-state index contributed by atoms with van der Waals surface area (Å²) in [6, 6.07) is 7.67. The van der Waals surface area contributed by atoms with E-state index in [1.54, 1.807) is 0 Å². The van der Waals surface area contributed by atoms with Crippen LogP contribution in [-0.4, -0.2) is 15.7 Å². The van der Waals surface area contributed by atoms with Crippen molar-refractivity contribution in [1.82, 2.24) is 3.96 Å². The van der Waals surface area contributed by atoms with Gasteiger partial charge in [0.2, 0.25) is 0 Å². The van der Waals surface area contributed by atoms with Crippen LogP contribution >= 0.6 is 11.5 Å². The van der Waals surface area contributed by atoms with Gasteiger partial charge in [-0.1, -0.05) is 36.5 Å². The number of nitrogens with zero attached hydrogens (tertiary/aromatic N) is 1. The van der Waals surface area contributed by atoms with Crippen molar-refractivity contribution in [2.45, 2.75) is 31.2 Å². The Hall–Kier alpha value is -1.13. The first-order valence-electron chi connectivity index (χ1n) is 5.99. The van der Waals surface area contributed by atoms with E-state index >= 15 is 0 Å². The molecule has 1 aliphatic rings. The van der Waals surface area contributed by atoms with Crippen LogP contribution in [0.15, 0.2) is 29.1 Å². The fraction of sp³-hybridized carbons (Fsp3) is 0.462. The number of aliphatic hydroxyl groups excluding tert-OH is 1. The lowest BCUT2D eigenvalue weighted by atomic mass is 10.00. The van der Waals surface area contributed by atoms with Crippen molar-refractivity contribution >= 4 is 21.6 Å². The highest BCUT2D eigenvalue weighted by Crippen LogP contribution is 2.37. The van der Waals surface area contributed by atoms with Crippen molar-refractivity contribution in [2.24, 2.45) is 0 Å². The Labute approximate surface area is 103 Å². The van der Waals surface area contributed by atoms with Gasteiger partial charge < -0.3 is 5.11 Å². The second-order valence-corrected chi connectivity index (χ2v) is 5.76. The van der Waals surface area contributed by atoms with Crippen LogP contribution in [0.1, 0.15) is 25.7 Å². The normalized spacial score (nSPS) is 18.9. The third kappa shape index (κ3) is 1.55. The predicted octanol–water partition coefficient (Wildman–Crippen LogP) is 2.32. The highest BCUT2D eigenvalue weighted by atomic mass is 32.1. The third-order valence-corrected chi connectivity index (χ3v) is 5.04. The number of aliphatic hydroxyl groups is 1. The van der Waals surface area contributed by atoms with Crippen LogP contribution in [-0.2, 0) is 5.54 Å². The van der Waals surface area contributed by atoms with Crippen molar-refractivity contribution in [1.29, 1.82) is 0 Å². The average molecular weight is 249 g/mol. The molecule has 0 unspecified atom stereocenters. The third-order valence-electron chi connectivity index (χ3n) is 3.75. The van der Waals surface area contributed by atoms with Crippen LogP contribution in [0.3, 0.4) is 0 Å². The van der Waals surface area contributed by atoms with Gasteiger partial charge in [0.05, 0.1) is 22.2 Å². The largest absolute Gasteiger partial charge is 0.394 e. The molecule has 0 amide bonds. The molecule has 0 aliphatic heterocycles. The zero-order valence-electron chi connectivity index (χ0n) is 9.56. The molecule has 1 fully saturated rings. The number of aromatic nitrogens is 1. The Balaban J connectivity index is 2.23. The van der Waals surface area contributed by atoms with E-state index in [1.807, 2.05) is 28.2 Å². The Morgan fingerprint density at radius 2 is 2.00 bits per heavy atom. The van der Waals surface area contributed by atoms with Crippen molar-refractivity contribution in [3.05, 3.63) is 34.6 Å². The molecule has 1 aliphatic carbocycles. The summed E-state index contributed by atoms with van der Waals surface area (Å²) >= 11 is 1.49. The number of fused-ring (bicyclic) bond motifs is 1. The maximum Gasteiger partial charge on any atom is 0.269 e. The van der Waals surface area contributed by atoms with Crippen molar-refractivity contribution in [3.8, 4) is 0 Å². The molecule has 0 atom stereocenters. The van der Waals surface area contributed by atoms with E-state index in [-0.39, 0.29) is 17.7 Å². The first-order valence-corrected chi connectivity index (χ1v) is 6.77. The monoisotopic (exact) mass is 249 g/mol. The van der Waals surface area contributed by atoms with Crippen LogP contribution in [0, 0.1) is 0 Å². The molecule has 0 saturated heterocycles. The summed E-state index contributed by atoms with van der Waals surface area (Å²) in [6.07, 6.45) is 4.02. The minimum Gasteiger partial charge on any atom is -0.394 e. The molecule has 3 nitrogen and oxygen atoms in total. The molecule has 0 bridgehead atoms. The van der Waals surface area contributed by atoms with Gasteiger partial charge in [-0.2, -0.15) is 0 Å². The Bertz CT molecular complexity index is 593. The topological polar surface area (TPSA) is 42.2 Å².